The van der Waals surface area contributed by atoms with Crippen molar-refractivity contribution in [2.45, 2.75) is 12.5 Å². The van der Waals surface area contributed by atoms with Crippen LogP contribution in [0, 0.1) is 5.82 Å². The van der Waals surface area contributed by atoms with E-state index in [1.807, 2.05) is 5.32 Å². The minimum Gasteiger partial charge on any atom is -0.385 e. The summed E-state index contributed by atoms with van der Waals surface area (Å²) in [5, 5.41) is 12.9. The molecule has 1 unspecified atom stereocenters. The molecule has 1 atom stereocenters. The van der Waals surface area contributed by atoms with Gasteiger partial charge in [-0.1, -0.05) is 12.1 Å². The van der Waals surface area contributed by atoms with Crippen LogP contribution in [0.3, 0.4) is 0 Å². The van der Waals surface area contributed by atoms with E-state index < -0.39 is 43.3 Å². The Labute approximate surface area is 112 Å². The number of benzene rings is 1. The zero-order chi connectivity index (χ0) is 15.1. The van der Waals surface area contributed by atoms with Gasteiger partial charge in [0.1, 0.15) is 11.9 Å². The predicted molar refractivity (Wildman–Crippen MR) is 63.8 cm³/mol. The average Bonchev–Trinajstić information content (AvgIpc) is 2.42. The van der Waals surface area contributed by atoms with E-state index in [9.17, 15) is 22.8 Å². The summed E-state index contributed by atoms with van der Waals surface area (Å²) in [6.45, 7) is -1.14. The van der Waals surface area contributed by atoms with Crippen LogP contribution in [0.4, 0.5) is 13.2 Å². The highest BCUT2D eigenvalue weighted by Crippen LogP contribution is 2.05. The first-order valence-electron chi connectivity index (χ1n) is 5.67. The van der Waals surface area contributed by atoms with Crippen LogP contribution in [-0.4, -0.2) is 42.5 Å². The molecule has 0 fully saturated rings. The number of alkyl halides is 2. The van der Waals surface area contributed by atoms with Crippen molar-refractivity contribution in [3.63, 3.8) is 0 Å². The van der Waals surface area contributed by atoms with Gasteiger partial charge < -0.3 is 15.7 Å². The molecule has 3 N–H and O–H groups in total. The molecule has 20 heavy (non-hydrogen) atoms. The molecule has 1 aromatic rings. The van der Waals surface area contributed by atoms with Crippen molar-refractivity contribution >= 4 is 11.8 Å². The van der Waals surface area contributed by atoms with Crippen molar-refractivity contribution in [3.05, 3.63) is 35.6 Å². The zero-order valence-electron chi connectivity index (χ0n) is 10.3. The van der Waals surface area contributed by atoms with Crippen molar-refractivity contribution in [2.24, 2.45) is 0 Å². The second-order valence-electron chi connectivity index (χ2n) is 3.87. The van der Waals surface area contributed by atoms with Gasteiger partial charge in [0.25, 0.3) is 12.3 Å². The molecule has 5 nitrogen and oxygen atoms in total. The quantitative estimate of drug-likeness (QED) is 0.705. The van der Waals surface area contributed by atoms with Gasteiger partial charge in [0, 0.05) is 6.54 Å². The Morgan fingerprint density at radius 3 is 2.45 bits per heavy atom. The summed E-state index contributed by atoms with van der Waals surface area (Å²) >= 11 is 0. The highest BCUT2D eigenvalue weighted by Gasteiger charge is 2.18. The zero-order valence-corrected chi connectivity index (χ0v) is 10.3. The van der Waals surface area contributed by atoms with Gasteiger partial charge in [-0.15, -0.1) is 0 Å². The summed E-state index contributed by atoms with van der Waals surface area (Å²) in [4.78, 5) is 22.7. The van der Waals surface area contributed by atoms with Crippen molar-refractivity contribution in [1.82, 2.24) is 10.6 Å². The normalized spacial score (nSPS) is 12.1. The number of carbonyl (C=O) groups is 2. The number of aliphatic hydroxyl groups excluding tert-OH is 1. The lowest BCUT2D eigenvalue weighted by Crippen LogP contribution is -2.41. The number of hydrogen-bond acceptors (Lipinski definition) is 3. The van der Waals surface area contributed by atoms with Crippen LogP contribution in [0.1, 0.15) is 10.4 Å². The summed E-state index contributed by atoms with van der Waals surface area (Å²) in [6, 6.07) is 5.19. The molecular formula is C12H13F3N2O3. The van der Waals surface area contributed by atoms with E-state index in [4.69, 9.17) is 5.11 Å². The molecule has 0 aliphatic rings. The molecule has 0 aromatic heterocycles. The Balaban J connectivity index is 2.38. The summed E-state index contributed by atoms with van der Waals surface area (Å²) < 4.78 is 37.1. The average molecular weight is 290 g/mol. The van der Waals surface area contributed by atoms with E-state index in [0.717, 1.165) is 6.07 Å². The second kappa shape index (κ2) is 7.49. The van der Waals surface area contributed by atoms with E-state index in [1.54, 1.807) is 0 Å². The van der Waals surface area contributed by atoms with Crippen LogP contribution in [0.2, 0.25) is 0 Å². The second-order valence-corrected chi connectivity index (χ2v) is 3.87. The molecule has 0 heterocycles. The molecule has 0 bridgehead atoms. The maximum absolute atomic E-state index is 13.2. The van der Waals surface area contributed by atoms with Gasteiger partial charge in [-0.3, -0.25) is 9.59 Å². The Bertz CT molecular complexity index is 483. The van der Waals surface area contributed by atoms with Gasteiger partial charge in [0.15, 0.2) is 0 Å². The smallest absolute Gasteiger partial charge is 0.265 e. The Morgan fingerprint density at radius 2 is 1.85 bits per heavy atom. The van der Waals surface area contributed by atoms with Crippen molar-refractivity contribution in [1.29, 1.82) is 0 Å². The summed E-state index contributed by atoms with van der Waals surface area (Å²) in [6.07, 6.45) is -4.94. The SMILES string of the molecule is O=C(CNC(=O)c1ccccc1F)NCC(O)C(F)F. The number of hydrogen-bond donors (Lipinski definition) is 3. The Hall–Kier alpha value is -2.09. The van der Waals surface area contributed by atoms with E-state index in [2.05, 4.69) is 5.32 Å². The third kappa shape index (κ3) is 4.88. The molecule has 0 spiro atoms. The molecule has 0 saturated heterocycles. The van der Waals surface area contributed by atoms with Gasteiger partial charge >= 0.3 is 0 Å². The number of nitrogens with one attached hydrogen (secondary N) is 2. The van der Waals surface area contributed by atoms with Gasteiger partial charge in [-0.05, 0) is 12.1 Å². The van der Waals surface area contributed by atoms with E-state index in [0.29, 0.717) is 0 Å². The predicted octanol–water partition coefficient (Wildman–Crippen LogP) is 0.298. The third-order valence-corrected chi connectivity index (χ3v) is 2.33. The standard InChI is InChI=1S/C12H13F3N2O3/c13-8-4-2-1-3-7(8)12(20)17-6-10(19)16-5-9(18)11(14)15/h1-4,9,11,18H,5-6H2,(H,16,19)(H,17,20). The van der Waals surface area contributed by atoms with Crippen molar-refractivity contribution < 1.29 is 27.9 Å². The Morgan fingerprint density at radius 1 is 1.20 bits per heavy atom. The lowest BCUT2D eigenvalue weighted by Gasteiger charge is -2.11. The summed E-state index contributed by atoms with van der Waals surface area (Å²) in [7, 11) is 0. The molecule has 0 aliphatic carbocycles. The fraction of sp³-hybridized carbons (Fsp3) is 0.333. The molecule has 0 aliphatic heterocycles. The lowest BCUT2D eigenvalue weighted by molar-refractivity contribution is -0.121. The monoisotopic (exact) mass is 290 g/mol. The van der Waals surface area contributed by atoms with Crippen molar-refractivity contribution in [2.75, 3.05) is 13.1 Å². The van der Waals surface area contributed by atoms with Crippen LogP contribution >= 0.6 is 0 Å². The van der Waals surface area contributed by atoms with Gasteiger partial charge in [-0.2, -0.15) is 0 Å². The van der Waals surface area contributed by atoms with Crippen LogP contribution in [-0.2, 0) is 4.79 Å². The Kier molecular flexibility index (Phi) is 5.98. The minimum absolute atomic E-state index is 0.229. The van der Waals surface area contributed by atoms with Gasteiger partial charge in [0.05, 0.1) is 12.1 Å². The van der Waals surface area contributed by atoms with E-state index in [1.165, 1.54) is 18.2 Å². The van der Waals surface area contributed by atoms with Crippen molar-refractivity contribution in [3.8, 4) is 0 Å². The lowest BCUT2D eigenvalue weighted by atomic mass is 10.2. The highest BCUT2D eigenvalue weighted by molar-refractivity contribution is 5.96. The van der Waals surface area contributed by atoms with Crippen LogP contribution in [0.15, 0.2) is 24.3 Å². The van der Waals surface area contributed by atoms with Crippen LogP contribution < -0.4 is 10.6 Å². The molecule has 110 valence electrons. The van der Waals surface area contributed by atoms with Gasteiger partial charge in [0.2, 0.25) is 5.91 Å². The fourth-order valence-electron chi connectivity index (χ4n) is 1.27. The molecule has 2 amide bonds. The minimum atomic E-state index is -2.97. The van der Waals surface area contributed by atoms with Crippen LogP contribution in [0.5, 0.6) is 0 Å². The first kappa shape index (κ1) is 16.0. The van der Waals surface area contributed by atoms with Gasteiger partial charge in [-0.25, -0.2) is 13.2 Å². The first-order chi connectivity index (χ1) is 9.41. The largest absolute Gasteiger partial charge is 0.385 e. The summed E-state index contributed by atoms with van der Waals surface area (Å²) in [5.74, 6) is -2.31. The molecule has 8 heteroatoms. The molecular weight excluding hydrogens is 277 g/mol. The number of carbonyl (C=O) groups excluding carboxylic acids is 2. The number of halogens is 3. The fourth-order valence-corrected chi connectivity index (χ4v) is 1.27. The topological polar surface area (TPSA) is 78.4 Å². The summed E-state index contributed by atoms with van der Waals surface area (Å²) in [5.41, 5.74) is -0.229. The maximum atomic E-state index is 13.2. The number of rotatable bonds is 6. The molecule has 1 aromatic carbocycles. The highest BCUT2D eigenvalue weighted by atomic mass is 19.3. The molecule has 0 saturated carbocycles. The van der Waals surface area contributed by atoms with E-state index >= 15 is 0 Å². The number of amides is 2. The maximum Gasteiger partial charge on any atom is 0.265 e. The molecule has 0 radical (unpaired) electrons. The molecule has 1 rings (SSSR count). The van der Waals surface area contributed by atoms with Crippen LogP contribution in [0.25, 0.3) is 0 Å². The third-order valence-electron chi connectivity index (χ3n) is 2.33. The van der Waals surface area contributed by atoms with E-state index in [-0.39, 0.29) is 5.56 Å². The number of aliphatic hydroxyl groups is 1. The first-order valence-corrected chi connectivity index (χ1v) is 5.67.